The second-order valence-electron chi connectivity index (χ2n) is 6.77. The first-order valence-electron chi connectivity index (χ1n) is 7.74. The molecule has 6 nitrogen and oxygen atoms in total. The highest BCUT2D eigenvalue weighted by atomic mass is 16.6. The van der Waals surface area contributed by atoms with E-state index in [0.717, 1.165) is 11.1 Å². The summed E-state index contributed by atoms with van der Waals surface area (Å²) in [7, 11) is 0. The Balaban J connectivity index is 2.12. The van der Waals surface area contributed by atoms with Crippen LogP contribution in [0.5, 0.6) is 0 Å². The van der Waals surface area contributed by atoms with Gasteiger partial charge in [0.15, 0.2) is 0 Å². The standard InChI is InChI=1S/C17H24N2O4/c1-17(2,3)23-16(22)19-14-9-18-15(21)8-13(14)12-6-4-11(10-20)5-7-12/h4-7,13-14,20H,8-10H2,1-3H3,(H,18,21)(H,19,22)/t13-,14+/m1/s1. The lowest BCUT2D eigenvalue weighted by molar-refractivity contribution is -0.123. The number of alkyl carbamates (subject to hydrolysis) is 1. The summed E-state index contributed by atoms with van der Waals surface area (Å²) >= 11 is 0. The molecule has 23 heavy (non-hydrogen) atoms. The van der Waals surface area contributed by atoms with Gasteiger partial charge < -0.3 is 20.5 Å². The highest BCUT2D eigenvalue weighted by Crippen LogP contribution is 2.27. The lowest BCUT2D eigenvalue weighted by Gasteiger charge is -2.33. The highest BCUT2D eigenvalue weighted by Gasteiger charge is 2.32. The van der Waals surface area contributed by atoms with Crippen molar-refractivity contribution in [1.29, 1.82) is 0 Å². The maximum atomic E-state index is 12.0. The van der Waals surface area contributed by atoms with Crippen molar-refractivity contribution in [2.24, 2.45) is 0 Å². The van der Waals surface area contributed by atoms with E-state index < -0.39 is 11.7 Å². The molecule has 1 fully saturated rings. The second-order valence-corrected chi connectivity index (χ2v) is 6.77. The first kappa shape index (κ1) is 17.3. The van der Waals surface area contributed by atoms with Gasteiger partial charge >= 0.3 is 6.09 Å². The van der Waals surface area contributed by atoms with Crippen molar-refractivity contribution in [3.8, 4) is 0 Å². The van der Waals surface area contributed by atoms with Gasteiger partial charge in [-0.15, -0.1) is 0 Å². The van der Waals surface area contributed by atoms with Gasteiger partial charge in [-0.2, -0.15) is 0 Å². The number of carbonyl (C=O) groups excluding carboxylic acids is 2. The molecule has 3 N–H and O–H groups in total. The monoisotopic (exact) mass is 320 g/mol. The van der Waals surface area contributed by atoms with Gasteiger partial charge in [0.05, 0.1) is 12.6 Å². The molecule has 2 atom stereocenters. The molecule has 0 aliphatic carbocycles. The molecule has 1 saturated heterocycles. The van der Waals surface area contributed by atoms with Crippen molar-refractivity contribution < 1.29 is 19.4 Å². The summed E-state index contributed by atoms with van der Waals surface area (Å²) in [5.74, 6) is -0.160. The van der Waals surface area contributed by atoms with Crippen LogP contribution in [0.4, 0.5) is 4.79 Å². The number of rotatable bonds is 3. The minimum Gasteiger partial charge on any atom is -0.444 e. The van der Waals surface area contributed by atoms with Gasteiger partial charge in [-0.1, -0.05) is 24.3 Å². The fourth-order valence-electron chi connectivity index (χ4n) is 2.61. The summed E-state index contributed by atoms with van der Waals surface area (Å²) < 4.78 is 5.29. The van der Waals surface area contributed by atoms with Gasteiger partial charge in [-0.3, -0.25) is 4.79 Å². The number of hydrogen-bond acceptors (Lipinski definition) is 4. The van der Waals surface area contributed by atoms with Crippen molar-refractivity contribution >= 4 is 12.0 Å². The van der Waals surface area contributed by atoms with Crippen LogP contribution >= 0.6 is 0 Å². The number of piperidine rings is 1. The minimum atomic E-state index is -0.569. The normalized spacial score (nSPS) is 21.5. The van der Waals surface area contributed by atoms with Gasteiger partial charge in [0.25, 0.3) is 0 Å². The molecule has 0 saturated carbocycles. The SMILES string of the molecule is CC(C)(C)OC(=O)N[C@H]1CNC(=O)C[C@@H]1c1ccc(CO)cc1. The second kappa shape index (κ2) is 7.00. The van der Waals surface area contributed by atoms with E-state index in [-0.39, 0.29) is 24.5 Å². The zero-order chi connectivity index (χ0) is 17.0. The Bertz CT molecular complexity index is 563. The van der Waals surface area contributed by atoms with E-state index >= 15 is 0 Å². The number of aliphatic hydroxyl groups is 1. The average molecular weight is 320 g/mol. The summed E-state index contributed by atoms with van der Waals surface area (Å²) in [5.41, 5.74) is 1.20. The third-order valence-electron chi connectivity index (χ3n) is 3.70. The fourth-order valence-corrected chi connectivity index (χ4v) is 2.61. The van der Waals surface area contributed by atoms with E-state index in [4.69, 9.17) is 9.84 Å². The van der Waals surface area contributed by atoms with Crippen LogP contribution in [0.2, 0.25) is 0 Å². The van der Waals surface area contributed by atoms with Crippen molar-refractivity contribution in [2.45, 2.75) is 51.4 Å². The van der Waals surface area contributed by atoms with Crippen LogP contribution in [-0.2, 0) is 16.1 Å². The highest BCUT2D eigenvalue weighted by molar-refractivity contribution is 5.79. The van der Waals surface area contributed by atoms with Crippen molar-refractivity contribution in [3.05, 3.63) is 35.4 Å². The van der Waals surface area contributed by atoms with Crippen molar-refractivity contribution in [2.75, 3.05) is 6.54 Å². The van der Waals surface area contributed by atoms with Gasteiger partial charge in [-0.05, 0) is 31.9 Å². The van der Waals surface area contributed by atoms with Crippen LogP contribution in [0, 0.1) is 0 Å². The van der Waals surface area contributed by atoms with Crippen LogP contribution in [-0.4, -0.2) is 35.3 Å². The molecular formula is C17H24N2O4. The van der Waals surface area contributed by atoms with Crippen molar-refractivity contribution in [1.82, 2.24) is 10.6 Å². The maximum Gasteiger partial charge on any atom is 0.407 e. The lowest BCUT2D eigenvalue weighted by Crippen LogP contribution is -2.52. The Morgan fingerprint density at radius 2 is 2.00 bits per heavy atom. The zero-order valence-corrected chi connectivity index (χ0v) is 13.8. The van der Waals surface area contributed by atoms with E-state index in [2.05, 4.69) is 10.6 Å². The molecule has 1 aliphatic rings. The Hall–Kier alpha value is -2.08. The third-order valence-corrected chi connectivity index (χ3v) is 3.70. The van der Waals surface area contributed by atoms with Crippen LogP contribution < -0.4 is 10.6 Å². The number of carbonyl (C=O) groups is 2. The molecular weight excluding hydrogens is 296 g/mol. The van der Waals surface area contributed by atoms with E-state index in [9.17, 15) is 9.59 Å². The molecule has 0 radical (unpaired) electrons. The van der Waals surface area contributed by atoms with E-state index in [0.29, 0.717) is 13.0 Å². The van der Waals surface area contributed by atoms with E-state index in [1.165, 1.54) is 0 Å². The molecule has 126 valence electrons. The third kappa shape index (κ3) is 4.96. The number of nitrogens with one attached hydrogen (secondary N) is 2. The quantitative estimate of drug-likeness (QED) is 0.790. The van der Waals surface area contributed by atoms with E-state index in [1.807, 2.05) is 24.3 Å². The van der Waals surface area contributed by atoms with Crippen LogP contribution in [0.1, 0.15) is 44.2 Å². The number of ether oxygens (including phenoxy) is 1. The topological polar surface area (TPSA) is 87.7 Å². The Kier molecular flexibility index (Phi) is 5.26. The Labute approximate surface area is 136 Å². The van der Waals surface area contributed by atoms with Gasteiger partial charge in [0.1, 0.15) is 5.60 Å². The molecule has 0 unspecified atom stereocenters. The van der Waals surface area contributed by atoms with Crippen LogP contribution in [0.25, 0.3) is 0 Å². The Morgan fingerprint density at radius 1 is 1.35 bits per heavy atom. The summed E-state index contributed by atoms with van der Waals surface area (Å²) in [6, 6.07) is 7.19. The number of benzene rings is 1. The molecule has 2 amide bonds. The molecule has 0 spiro atoms. The molecule has 0 bridgehead atoms. The predicted molar refractivity (Wildman–Crippen MR) is 85.9 cm³/mol. The molecule has 0 aromatic heterocycles. The minimum absolute atomic E-state index is 0.0228. The van der Waals surface area contributed by atoms with Crippen molar-refractivity contribution in [3.63, 3.8) is 0 Å². The molecule has 2 rings (SSSR count). The average Bonchev–Trinajstić information content (AvgIpc) is 2.47. The first-order valence-corrected chi connectivity index (χ1v) is 7.74. The summed E-state index contributed by atoms with van der Waals surface area (Å²) in [4.78, 5) is 23.7. The molecule has 6 heteroatoms. The van der Waals surface area contributed by atoms with E-state index in [1.54, 1.807) is 20.8 Å². The molecule has 1 aromatic rings. The summed E-state index contributed by atoms with van der Waals surface area (Å²) in [5, 5.41) is 14.7. The molecule has 1 heterocycles. The van der Waals surface area contributed by atoms with Crippen LogP contribution in [0.3, 0.4) is 0 Å². The Morgan fingerprint density at radius 3 is 2.57 bits per heavy atom. The summed E-state index contributed by atoms with van der Waals surface area (Å²) in [6.07, 6.45) is -0.186. The van der Waals surface area contributed by atoms with Gasteiger partial charge in [-0.25, -0.2) is 4.79 Å². The first-order chi connectivity index (χ1) is 10.8. The molecule has 1 aromatic carbocycles. The number of hydrogen-bond donors (Lipinski definition) is 3. The number of aliphatic hydroxyl groups excluding tert-OH is 1. The predicted octanol–water partition coefficient (Wildman–Crippen LogP) is 1.68. The zero-order valence-electron chi connectivity index (χ0n) is 13.8. The fraction of sp³-hybridized carbons (Fsp3) is 0.529. The summed E-state index contributed by atoms with van der Waals surface area (Å²) in [6.45, 7) is 5.76. The lowest BCUT2D eigenvalue weighted by atomic mass is 9.85. The largest absolute Gasteiger partial charge is 0.444 e. The van der Waals surface area contributed by atoms with Gasteiger partial charge in [0.2, 0.25) is 5.91 Å². The molecule has 1 aliphatic heterocycles. The number of amides is 2. The van der Waals surface area contributed by atoms with Crippen LogP contribution in [0.15, 0.2) is 24.3 Å². The smallest absolute Gasteiger partial charge is 0.407 e. The maximum absolute atomic E-state index is 12.0. The van der Waals surface area contributed by atoms with Gasteiger partial charge in [0, 0.05) is 18.9 Å².